The molecule has 0 saturated heterocycles. The molecule has 2 rings (SSSR count). The third-order valence-electron chi connectivity index (χ3n) is 2.24. The van der Waals surface area contributed by atoms with Gasteiger partial charge in [0, 0.05) is 16.8 Å². The summed E-state index contributed by atoms with van der Waals surface area (Å²) in [5.41, 5.74) is 10.4. The molecular weight excluding hydrogens is 248 g/mol. The Morgan fingerprint density at radius 3 is 2.61 bits per heavy atom. The zero-order chi connectivity index (χ0) is 13.0. The van der Waals surface area contributed by atoms with Gasteiger partial charge in [-0.05, 0) is 16.8 Å². The fourth-order valence-electron chi connectivity index (χ4n) is 1.52. The second kappa shape index (κ2) is 5.42. The van der Waals surface area contributed by atoms with Crippen molar-refractivity contribution in [3.63, 3.8) is 0 Å². The first-order valence-electron chi connectivity index (χ1n) is 5.21. The maximum Gasteiger partial charge on any atom is 0.318 e. The highest BCUT2D eigenvalue weighted by molar-refractivity contribution is 7.98. The van der Waals surface area contributed by atoms with Gasteiger partial charge in [-0.15, -0.1) is 0 Å². The first kappa shape index (κ1) is 12.3. The van der Waals surface area contributed by atoms with Crippen LogP contribution >= 0.6 is 11.9 Å². The van der Waals surface area contributed by atoms with Crippen molar-refractivity contribution >= 4 is 34.7 Å². The lowest BCUT2D eigenvalue weighted by atomic mass is 10.1. The van der Waals surface area contributed by atoms with E-state index in [4.69, 9.17) is 11.5 Å². The number of nitrogens with two attached hydrogens (primary N) is 2. The predicted molar refractivity (Wildman–Crippen MR) is 74.1 cm³/mol. The third kappa shape index (κ3) is 2.92. The fraction of sp³-hybridized carbons (Fsp3) is 0. The van der Waals surface area contributed by atoms with Gasteiger partial charge in [-0.25, -0.2) is 4.79 Å². The van der Waals surface area contributed by atoms with E-state index >= 15 is 0 Å². The molecule has 5 N–H and O–H groups in total. The number of carbonyl (C=O) groups excluding carboxylic acids is 1. The molecule has 2 aromatic rings. The van der Waals surface area contributed by atoms with E-state index in [1.807, 2.05) is 42.5 Å². The van der Waals surface area contributed by atoms with Gasteiger partial charge in [0.1, 0.15) is 0 Å². The van der Waals surface area contributed by atoms with Crippen molar-refractivity contribution in [2.45, 2.75) is 4.90 Å². The molecule has 0 atom stereocenters. The second-order valence-electron chi connectivity index (χ2n) is 3.53. The van der Waals surface area contributed by atoms with Gasteiger partial charge in [-0.1, -0.05) is 36.4 Å². The summed E-state index contributed by atoms with van der Waals surface area (Å²) in [4.78, 5) is 11.5. The molecule has 0 aliphatic heterocycles. The second-order valence-corrected chi connectivity index (χ2v) is 4.34. The van der Waals surface area contributed by atoms with Gasteiger partial charge in [0.25, 0.3) is 0 Å². The van der Waals surface area contributed by atoms with Gasteiger partial charge in [0.15, 0.2) is 0 Å². The largest absolute Gasteiger partial charge is 0.369 e. The number of guanidine groups is 1. The molecule has 0 aliphatic rings. The van der Waals surface area contributed by atoms with E-state index in [2.05, 4.69) is 9.71 Å². The molecule has 0 radical (unpaired) electrons. The van der Waals surface area contributed by atoms with Crippen molar-refractivity contribution in [2.24, 2.45) is 15.9 Å². The van der Waals surface area contributed by atoms with Gasteiger partial charge in [0.2, 0.25) is 5.96 Å². The number of hydrogen-bond donors (Lipinski definition) is 3. The van der Waals surface area contributed by atoms with Crippen LogP contribution in [0.25, 0.3) is 10.8 Å². The van der Waals surface area contributed by atoms with Crippen LogP contribution in [0.1, 0.15) is 0 Å². The monoisotopic (exact) mass is 260 g/mol. The topological polar surface area (TPSA) is 93.5 Å². The van der Waals surface area contributed by atoms with Crippen LogP contribution in [0.5, 0.6) is 0 Å². The SMILES string of the molecule is NC(=O)N/C(N)=N\Sc1cccc2ccccc12. The zero-order valence-corrected chi connectivity index (χ0v) is 10.3. The number of carbonyl (C=O) groups is 1. The van der Waals surface area contributed by atoms with Crippen LogP contribution in [-0.2, 0) is 0 Å². The minimum absolute atomic E-state index is 0.0135. The van der Waals surface area contributed by atoms with Crippen molar-refractivity contribution in [2.75, 3.05) is 0 Å². The van der Waals surface area contributed by atoms with Crippen LogP contribution in [0.2, 0.25) is 0 Å². The normalized spacial score (nSPS) is 11.4. The lowest BCUT2D eigenvalue weighted by Crippen LogP contribution is -2.39. The Morgan fingerprint density at radius 2 is 1.83 bits per heavy atom. The summed E-state index contributed by atoms with van der Waals surface area (Å²) < 4.78 is 3.98. The highest BCUT2D eigenvalue weighted by Gasteiger charge is 2.01. The number of amides is 2. The minimum atomic E-state index is -0.727. The molecule has 0 bridgehead atoms. The molecule has 0 saturated carbocycles. The summed E-state index contributed by atoms with van der Waals surface area (Å²) >= 11 is 1.19. The van der Waals surface area contributed by atoms with Crippen molar-refractivity contribution in [1.82, 2.24) is 5.32 Å². The van der Waals surface area contributed by atoms with Gasteiger partial charge >= 0.3 is 6.03 Å². The molecule has 0 aromatic heterocycles. The Bertz CT molecular complexity index is 607. The molecule has 92 valence electrons. The van der Waals surface area contributed by atoms with E-state index in [9.17, 15) is 4.79 Å². The summed E-state index contributed by atoms with van der Waals surface area (Å²) in [7, 11) is 0. The first-order chi connectivity index (χ1) is 8.66. The van der Waals surface area contributed by atoms with E-state index in [0.29, 0.717) is 0 Å². The number of primary amides is 1. The van der Waals surface area contributed by atoms with Crippen LogP contribution < -0.4 is 16.8 Å². The number of nitrogens with one attached hydrogen (secondary N) is 1. The summed E-state index contributed by atoms with van der Waals surface area (Å²) in [6.07, 6.45) is 0. The van der Waals surface area contributed by atoms with E-state index in [-0.39, 0.29) is 5.96 Å². The average molecular weight is 260 g/mol. The molecule has 0 heterocycles. The number of nitrogens with zero attached hydrogens (tertiary/aromatic N) is 1. The van der Waals surface area contributed by atoms with Crippen molar-refractivity contribution in [3.05, 3.63) is 42.5 Å². The number of urea groups is 1. The van der Waals surface area contributed by atoms with Crippen LogP contribution in [0.3, 0.4) is 0 Å². The highest BCUT2D eigenvalue weighted by atomic mass is 32.2. The van der Waals surface area contributed by atoms with Crippen LogP contribution in [-0.4, -0.2) is 12.0 Å². The van der Waals surface area contributed by atoms with Crippen molar-refractivity contribution in [1.29, 1.82) is 0 Å². The Balaban J connectivity index is 2.24. The third-order valence-corrected chi connectivity index (χ3v) is 3.08. The van der Waals surface area contributed by atoms with Gasteiger partial charge < -0.3 is 11.5 Å². The molecule has 0 spiro atoms. The minimum Gasteiger partial charge on any atom is -0.369 e. The number of fused-ring (bicyclic) bond motifs is 1. The van der Waals surface area contributed by atoms with Gasteiger partial charge in [0.05, 0.1) is 0 Å². The molecule has 2 aromatic carbocycles. The maximum absolute atomic E-state index is 10.6. The Hall–Kier alpha value is -2.21. The van der Waals surface area contributed by atoms with Gasteiger partial charge in [-0.3, -0.25) is 5.32 Å². The lowest BCUT2D eigenvalue weighted by Gasteiger charge is -2.03. The van der Waals surface area contributed by atoms with Crippen LogP contribution in [0.15, 0.2) is 51.8 Å². The molecule has 0 fully saturated rings. The summed E-state index contributed by atoms with van der Waals surface area (Å²) in [6, 6.07) is 13.1. The average Bonchev–Trinajstić information content (AvgIpc) is 2.35. The van der Waals surface area contributed by atoms with Crippen molar-refractivity contribution in [3.8, 4) is 0 Å². The molecular formula is C12H12N4OS. The Kier molecular flexibility index (Phi) is 3.69. The maximum atomic E-state index is 10.6. The van der Waals surface area contributed by atoms with Crippen LogP contribution in [0.4, 0.5) is 4.79 Å². The predicted octanol–water partition coefficient (Wildman–Crippen LogP) is 1.83. The molecule has 18 heavy (non-hydrogen) atoms. The molecule has 2 amide bonds. The molecule has 5 nitrogen and oxygen atoms in total. The number of benzene rings is 2. The molecule has 0 unspecified atom stereocenters. The van der Waals surface area contributed by atoms with E-state index in [0.717, 1.165) is 15.7 Å². The first-order valence-corrected chi connectivity index (χ1v) is 5.99. The quantitative estimate of drug-likeness (QED) is 0.437. The van der Waals surface area contributed by atoms with E-state index in [1.54, 1.807) is 0 Å². The summed E-state index contributed by atoms with van der Waals surface area (Å²) in [6.45, 7) is 0. The highest BCUT2D eigenvalue weighted by Crippen LogP contribution is 2.28. The molecule has 6 heteroatoms. The zero-order valence-electron chi connectivity index (χ0n) is 9.46. The molecule has 0 aliphatic carbocycles. The Labute approximate surface area is 108 Å². The Morgan fingerprint density at radius 1 is 1.11 bits per heavy atom. The summed E-state index contributed by atoms with van der Waals surface area (Å²) in [5.74, 6) is -0.0135. The lowest BCUT2D eigenvalue weighted by molar-refractivity contribution is 0.253. The summed E-state index contributed by atoms with van der Waals surface area (Å²) in [5, 5.41) is 4.41. The fourth-order valence-corrected chi connectivity index (χ4v) is 2.19. The van der Waals surface area contributed by atoms with E-state index < -0.39 is 6.03 Å². The van der Waals surface area contributed by atoms with E-state index in [1.165, 1.54) is 11.9 Å². The van der Waals surface area contributed by atoms with Crippen LogP contribution in [0, 0.1) is 0 Å². The smallest absolute Gasteiger partial charge is 0.318 e. The number of rotatable bonds is 2. The number of hydrogen-bond acceptors (Lipinski definition) is 3. The van der Waals surface area contributed by atoms with Crippen molar-refractivity contribution < 1.29 is 4.79 Å². The van der Waals surface area contributed by atoms with Gasteiger partial charge in [-0.2, -0.15) is 4.40 Å². The standard InChI is InChI=1S/C12H12N4OS/c13-11(15-12(14)17)16-18-10-7-3-5-8-4-1-2-6-9(8)10/h1-7H,(H5,13,14,15,16,17).